The SMILES string of the molecule is Cn1c(=O)[nH]c(=O)c2[nH]c(CCC(=O)NC3CCCN(Cc4ccccc4)C3)nc21. The molecule has 1 saturated heterocycles. The number of aromatic nitrogens is 4. The van der Waals surface area contributed by atoms with Crippen LogP contribution in [0.25, 0.3) is 11.2 Å². The Labute approximate surface area is 173 Å². The largest absolute Gasteiger partial charge is 0.352 e. The van der Waals surface area contributed by atoms with Crippen molar-refractivity contribution in [1.82, 2.24) is 29.7 Å². The second kappa shape index (κ2) is 8.66. The number of hydrogen-bond donors (Lipinski definition) is 3. The fourth-order valence-electron chi connectivity index (χ4n) is 3.96. The maximum Gasteiger partial charge on any atom is 0.329 e. The molecule has 0 spiro atoms. The number of rotatable bonds is 6. The molecule has 4 rings (SSSR count). The van der Waals surface area contributed by atoms with Crippen molar-refractivity contribution in [1.29, 1.82) is 0 Å². The van der Waals surface area contributed by atoms with Gasteiger partial charge in [-0.2, -0.15) is 0 Å². The van der Waals surface area contributed by atoms with E-state index in [-0.39, 0.29) is 23.9 Å². The molecule has 1 aliphatic heterocycles. The van der Waals surface area contributed by atoms with Gasteiger partial charge in [-0.15, -0.1) is 0 Å². The van der Waals surface area contributed by atoms with Crippen LogP contribution >= 0.6 is 0 Å². The first-order chi connectivity index (χ1) is 14.5. The van der Waals surface area contributed by atoms with Crippen LogP contribution in [0, 0.1) is 0 Å². The number of piperidine rings is 1. The highest BCUT2D eigenvalue weighted by Gasteiger charge is 2.21. The first-order valence-electron chi connectivity index (χ1n) is 10.2. The van der Waals surface area contributed by atoms with Crippen LogP contribution in [-0.2, 0) is 24.8 Å². The zero-order valence-corrected chi connectivity index (χ0v) is 17.0. The molecule has 2 aromatic heterocycles. The van der Waals surface area contributed by atoms with E-state index in [0.29, 0.717) is 17.9 Å². The summed E-state index contributed by atoms with van der Waals surface area (Å²) in [6.07, 6.45) is 2.66. The van der Waals surface area contributed by atoms with Crippen LogP contribution < -0.4 is 16.6 Å². The molecule has 1 amide bonds. The summed E-state index contributed by atoms with van der Waals surface area (Å²) < 4.78 is 1.28. The van der Waals surface area contributed by atoms with Crippen LogP contribution in [0.2, 0.25) is 0 Å². The highest BCUT2D eigenvalue weighted by atomic mass is 16.2. The van der Waals surface area contributed by atoms with Crippen molar-refractivity contribution in [2.45, 2.75) is 38.3 Å². The van der Waals surface area contributed by atoms with Gasteiger partial charge in [0, 0.05) is 39.0 Å². The van der Waals surface area contributed by atoms with E-state index in [9.17, 15) is 14.4 Å². The van der Waals surface area contributed by atoms with Gasteiger partial charge in [0.15, 0.2) is 5.65 Å². The number of imidazole rings is 1. The van der Waals surface area contributed by atoms with Crippen LogP contribution in [0.3, 0.4) is 0 Å². The van der Waals surface area contributed by atoms with Gasteiger partial charge in [-0.1, -0.05) is 30.3 Å². The first kappa shape index (κ1) is 20.1. The first-order valence-corrected chi connectivity index (χ1v) is 10.2. The van der Waals surface area contributed by atoms with Gasteiger partial charge in [-0.05, 0) is 24.9 Å². The number of amides is 1. The molecule has 1 aromatic carbocycles. The number of H-pyrrole nitrogens is 2. The number of benzene rings is 1. The second-order valence-electron chi connectivity index (χ2n) is 7.83. The highest BCUT2D eigenvalue weighted by molar-refractivity contribution is 5.76. The molecule has 9 heteroatoms. The number of carbonyl (C=O) groups is 1. The van der Waals surface area contributed by atoms with Crippen molar-refractivity contribution in [2.75, 3.05) is 13.1 Å². The zero-order valence-electron chi connectivity index (χ0n) is 17.0. The van der Waals surface area contributed by atoms with Crippen molar-refractivity contribution in [3.05, 3.63) is 62.6 Å². The summed E-state index contributed by atoms with van der Waals surface area (Å²) in [5.74, 6) is 0.478. The molecule has 9 nitrogen and oxygen atoms in total. The summed E-state index contributed by atoms with van der Waals surface area (Å²) in [4.78, 5) is 47.9. The van der Waals surface area contributed by atoms with Crippen molar-refractivity contribution in [2.24, 2.45) is 7.05 Å². The summed E-state index contributed by atoms with van der Waals surface area (Å²) in [7, 11) is 1.54. The van der Waals surface area contributed by atoms with Crippen LogP contribution in [0.15, 0.2) is 39.9 Å². The highest BCUT2D eigenvalue weighted by Crippen LogP contribution is 2.14. The minimum Gasteiger partial charge on any atom is -0.352 e. The smallest absolute Gasteiger partial charge is 0.329 e. The van der Waals surface area contributed by atoms with Gasteiger partial charge < -0.3 is 10.3 Å². The predicted octanol–water partition coefficient (Wildman–Crippen LogP) is 0.663. The Morgan fingerprint density at radius 3 is 2.83 bits per heavy atom. The molecule has 3 aromatic rings. The predicted molar refractivity (Wildman–Crippen MR) is 113 cm³/mol. The van der Waals surface area contributed by atoms with Crippen LogP contribution in [0.5, 0.6) is 0 Å². The molecule has 3 heterocycles. The Morgan fingerprint density at radius 2 is 2.03 bits per heavy atom. The standard InChI is InChI=1S/C21H26N6O3/c1-26-19-18(20(29)25-21(26)30)23-16(24-19)9-10-17(28)22-15-8-5-11-27(13-15)12-14-6-3-2-4-7-14/h2-4,6-7,15H,5,8-13H2,1H3,(H,22,28)(H,23,24)(H,25,29,30). The van der Waals surface area contributed by atoms with Gasteiger partial charge in [-0.3, -0.25) is 24.0 Å². The molecule has 158 valence electrons. The fraction of sp³-hybridized carbons (Fsp3) is 0.429. The number of hydrogen-bond acceptors (Lipinski definition) is 5. The topological polar surface area (TPSA) is 116 Å². The van der Waals surface area contributed by atoms with E-state index in [1.807, 2.05) is 18.2 Å². The monoisotopic (exact) mass is 410 g/mol. The molecule has 3 N–H and O–H groups in total. The molecule has 1 fully saturated rings. The molecular formula is C21H26N6O3. The average Bonchev–Trinajstić information content (AvgIpc) is 3.17. The normalized spacial score (nSPS) is 17.3. The Bertz CT molecular complexity index is 1150. The van der Waals surface area contributed by atoms with Crippen LogP contribution in [-0.4, -0.2) is 49.5 Å². The van der Waals surface area contributed by atoms with Gasteiger partial charge in [0.25, 0.3) is 5.56 Å². The fourth-order valence-corrected chi connectivity index (χ4v) is 3.96. The minimum atomic E-state index is -0.513. The number of nitrogens with zero attached hydrogens (tertiary/aromatic N) is 3. The lowest BCUT2D eigenvalue weighted by Gasteiger charge is -2.33. The molecule has 1 atom stereocenters. The molecule has 0 bridgehead atoms. The number of fused-ring (bicyclic) bond motifs is 1. The molecule has 0 radical (unpaired) electrons. The van der Waals surface area contributed by atoms with Gasteiger partial charge >= 0.3 is 5.69 Å². The number of aryl methyl sites for hydroxylation is 2. The lowest BCUT2D eigenvalue weighted by Crippen LogP contribution is -2.47. The second-order valence-corrected chi connectivity index (χ2v) is 7.83. The molecule has 30 heavy (non-hydrogen) atoms. The van der Waals surface area contributed by atoms with Crippen molar-refractivity contribution in [3.63, 3.8) is 0 Å². The van der Waals surface area contributed by atoms with E-state index in [1.54, 1.807) is 7.05 Å². The number of nitrogens with one attached hydrogen (secondary N) is 3. The number of likely N-dealkylation sites (tertiary alicyclic amines) is 1. The van der Waals surface area contributed by atoms with E-state index < -0.39 is 11.2 Å². The quantitative estimate of drug-likeness (QED) is 0.552. The summed E-state index contributed by atoms with van der Waals surface area (Å²) >= 11 is 0. The molecule has 1 aliphatic rings. The lowest BCUT2D eigenvalue weighted by molar-refractivity contribution is -0.122. The summed E-state index contributed by atoms with van der Waals surface area (Å²) in [6.45, 7) is 2.76. The van der Waals surface area contributed by atoms with Crippen LogP contribution in [0.1, 0.15) is 30.7 Å². The van der Waals surface area contributed by atoms with Crippen molar-refractivity contribution >= 4 is 17.1 Å². The molecular weight excluding hydrogens is 384 g/mol. The third-order valence-electron chi connectivity index (χ3n) is 5.51. The Morgan fingerprint density at radius 1 is 1.23 bits per heavy atom. The molecule has 0 saturated carbocycles. The average molecular weight is 410 g/mol. The summed E-state index contributed by atoms with van der Waals surface area (Å²) in [6, 6.07) is 10.5. The lowest BCUT2D eigenvalue weighted by atomic mass is 10.0. The maximum absolute atomic E-state index is 12.5. The Hall–Kier alpha value is -3.20. The third kappa shape index (κ3) is 4.51. The Balaban J connectivity index is 1.32. The molecule has 0 aliphatic carbocycles. The number of carbonyl (C=O) groups excluding carboxylic acids is 1. The van der Waals surface area contributed by atoms with E-state index in [0.717, 1.165) is 32.5 Å². The van der Waals surface area contributed by atoms with Gasteiger partial charge in [0.2, 0.25) is 5.91 Å². The van der Waals surface area contributed by atoms with E-state index in [1.165, 1.54) is 10.1 Å². The molecule has 1 unspecified atom stereocenters. The van der Waals surface area contributed by atoms with Crippen molar-refractivity contribution in [3.8, 4) is 0 Å². The van der Waals surface area contributed by atoms with Crippen molar-refractivity contribution < 1.29 is 4.79 Å². The maximum atomic E-state index is 12.5. The number of aromatic amines is 2. The van der Waals surface area contributed by atoms with E-state index >= 15 is 0 Å². The summed E-state index contributed by atoms with van der Waals surface area (Å²) in [5.41, 5.74) is 0.802. The summed E-state index contributed by atoms with van der Waals surface area (Å²) in [5, 5.41) is 3.13. The van der Waals surface area contributed by atoms with Crippen LogP contribution in [0.4, 0.5) is 0 Å². The third-order valence-corrected chi connectivity index (χ3v) is 5.51. The van der Waals surface area contributed by atoms with E-state index in [2.05, 4.69) is 37.3 Å². The van der Waals surface area contributed by atoms with Gasteiger partial charge in [-0.25, -0.2) is 9.78 Å². The van der Waals surface area contributed by atoms with E-state index in [4.69, 9.17) is 0 Å². The zero-order chi connectivity index (χ0) is 21.1. The minimum absolute atomic E-state index is 0.0372. The van der Waals surface area contributed by atoms with Gasteiger partial charge in [0.1, 0.15) is 11.3 Å². The Kier molecular flexibility index (Phi) is 5.80. The van der Waals surface area contributed by atoms with Gasteiger partial charge in [0.05, 0.1) is 0 Å².